The zero-order valence-corrected chi connectivity index (χ0v) is 25.4. The zero-order valence-electron chi connectivity index (χ0n) is 25.4. The van der Waals surface area contributed by atoms with Gasteiger partial charge in [-0.2, -0.15) is 0 Å². The average molecular weight is 562 g/mol. The molecule has 224 valence electrons. The maximum Gasteiger partial charge on any atom is 0.254 e. The SMILES string of the molecule is C=C1/C(=C\C=C2/CCC[C@]3(C)[C@@H]([C@H](C)C[C@H]4C[C@@](O)(CC)C(=O)N4CCc4ccccc4)CC[C@@H]23)C[C@@H](O)C[C@@H]1O. The van der Waals surface area contributed by atoms with Crippen LogP contribution in [0.5, 0.6) is 0 Å². The van der Waals surface area contributed by atoms with E-state index >= 15 is 0 Å². The average Bonchev–Trinajstić information content (AvgIpc) is 3.43. The molecule has 0 spiro atoms. The molecule has 1 aromatic carbocycles. The van der Waals surface area contributed by atoms with Crippen LogP contribution in [-0.2, 0) is 11.2 Å². The normalized spacial score (nSPS) is 38.6. The van der Waals surface area contributed by atoms with E-state index in [0.29, 0.717) is 50.0 Å². The van der Waals surface area contributed by atoms with Crippen molar-refractivity contribution in [2.45, 2.75) is 115 Å². The predicted octanol–water partition coefficient (Wildman–Crippen LogP) is 6.14. The number of rotatable bonds is 8. The van der Waals surface area contributed by atoms with Gasteiger partial charge in [0.25, 0.3) is 5.91 Å². The molecule has 0 bridgehead atoms. The molecule has 5 rings (SSSR count). The number of fused-ring (bicyclic) bond motifs is 1. The minimum Gasteiger partial charge on any atom is -0.393 e. The van der Waals surface area contributed by atoms with Crippen molar-refractivity contribution in [1.82, 2.24) is 4.90 Å². The number of nitrogens with zero attached hydrogens (tertiary/aromatic N) is 1. The minimum absolute atomic E-state index is 0.0762. The van der Waals surface area contributed by atoms with Crippen molar-refractivity contribution in [3.63, 3.8) is 0 Å². The van der Waals surface area contributed by atoms with Crippen LogP contribution < -0.4 is 0 Å². The van der Waals surface area contributed by atoms with Crippen molar-refractivity contribution in [3.8, 4) is 0 Å². The van der Waals surface area contributed by atoms with E-state index in [1.54, 1.807) is 0 Å². The molecule has 5 nitrogen and oxygen atoms in total. The Morgan fingerprint density at radius 1 is 1.17 bits per heavy atom. The molecule has 1 saturated heterocycles. The van der Waals surface area contributed by atoms with Crippen molar-refractivity contribution < 1.29 is 20.1 Å². The topological polar surface area (TPSA) is 81.0 Å². The van der Waals surface area contributed by atoms with Gasteiger partial charge in [0.05, 0.1) is 12.2 Å². The number of aliphatic hydroxyl groups excluding tert-OH is 2. The number of benzene rings is 1. The molecule has 0 aromatic heterocycles. The van der Waals surface area contributed by atoms with Crippen LogP contribution in [-0.4, -0.2) is 56.5 Å². The fraction of sp³-hybridized carbons (Fsp3) is 0.639. The highest BCUT2D eigenvalue weighted by atomic mass is 16.3. The van der Waals surface area contributed by atoms with Crippen LogP contribution in [0.15, 0.2) is 65.8 Å². The molecule has 0 radical (unpaired) electrons. The van der Waals surface area contributed by atoms with E-state index in [2.05, 4.69) is 44.7 Å². The van der Waals surface area contributed by atoms with Crippen molar-refractivity contribution in [1.29, 1.82) is 0 Å². The number of aliphatic hydroxyl groups is 3. The quantitative estimate of drug-likeness (QED) is 0.356. The van der Waals surface area contributed by atoms with Crippen molar-refractivity contribution >= 4 is 5.91 Å². The van der Waals surface area contributed by atoms with Crippen LogP contribution in [0.2, 0.25) is 0 Å². The molecule has 3 saturated carbocycles. The van der Waals surface area contributed by atoms with Crippen molar-refractivity contribution in [2.75, 3.05) is 6.54 Å². The van der Waals surface area contributed by atoms with Crippen LogP contribution >= 0.6 is 0 Å². The molecule has 1 heterocycles. The second-order valence-corrected chi connectivity index (χ2v) is 13.9. The Kier molecular flexibility index (Phi) is 8.99. The smallest absolute Gasteiger partial charge is 0.254 e. The lowest BCUT2D eigenvalue weighted by Crippen LogP contribution is -2.42. The fourth-order valence-corrected chi connectivity index (χ4v) is 8.98. The molecule has 1 amide bonds. The summed E-state index contributed by atoms with van der Waals surface area (Å²) in [6.07, 6.45) is 12.8. The first-order chi connectivity index (χ1) is 19.6. The summed E-state index contributed by atoms with van der Waals surface area (Å²) in [5.74, 6) is 1.50. The van der Waals surface area contributed by atoms with Gasteiger partial charge in [-0.1, -0.05) is 75.4 Å². The number of carbonyl (C=O) groups is 1. The van der Waals surface area contributed by atoms with Crippen LogP contribution in [0.1, 0.15) is 90.5 Å². The molecule has 3 aliphatic carbocycles. The van der Waals surface area contributed by atoms with Gasteiger partial charge in [-0.15, -0.1) is 0 Å². The first kappa shape index (κ1) is 30.3. The largest absolute Gasteiger partial charge is 0.393 e. The monoisotopic (exact) mass is 561 g/mol. The van der Waals surface area contributed by atoms with Crippen LogP contribution in [0.3, 0.4) is 0 Å². The standard InChI is InChI=1S/C36H51NO4/c1-5-36(41)23-29(37(34(36)40)19-17-26-10-7-6-8-11-26)20-24(2)31-15-16-32-27(12-9-18-35(31,32)4)13-14-28-21-30(38)22-33(39)25(28)3/h6-8,10-11,13-14,24,29-33,38-39,41H,3,5,9,12,15-23H2,1-2,4H3/b27-13+,28-14-/t24-,29+,30-,31-,32+,33+,35-,36+/m1/s1. The third-order valence-corrected chi connectivity index (χ3v) is 11.4. The lowest BCUT2D eigenvalue weighted by atomic mass is 9.60. The van der Waals surface area contributed by atoms with Crippen molar-refractivity contribution in [2.24, 2.45) is 23.2 Å². The second kappa shape index (κ2) is 12.2. The summed E-state index contributed by atoms with van der Waals surface area (Å²) in [4.78, 5) is 15.4. The number of likely N-dealkylation sites (tertiary alicyclic amines) is 1. The van der Waals surface area contributed by atoms with Gasteiger partial charge < -0.3 is 20.2 Å². The summed E-state index contributed by atoms with van der Waals surface area (Å²) >= 11 is 0. The molecule has 1 aromatic rings. The highest BCUT2D eigenvalue weighted by Crippen LogP contribution is 2.60. The lowest BCUT2D eigenvalue weighted by molar-refractivity contribution is -0.144. The Balaban J connectivity index is 1.30. The summed E-state index contributed by atoms with van der Waals surface area (Å²) in [6, 6.07) is 10.4. The van der Waals surface area contributed by atoms with Gasteiger partial charge in [0, 0.05) is 25.4 Å². The Morgan fingerprint density at radius 2 is 1.93 bits per heavy atom. The van der Waals surface area contributed by atoms with E-state index in [-0.39, 0.29) is 17.4 Å². The van der Waals surface area contributed by atoms with Crippen LogP contribution in [0.25, 0.3) is 0 Å². The maximum absolute atomic E-state index is 13.4. The highest BCUT2D eigenvalue weighted by molar-refractivity contribution is 5.87. The molecular weight excluding hydrogens is 510 g/mol. The molecule has 5 heteroatoms. The number of allylic oxidation sites excluding steroid dienone is 3. The number of amides is 1. The van der Waals surface area contributed by atoms with Crippen LogP contribution in [0, 0.1) is 23.2 Å². The van der Waals surface area contributed by atoms with E-state index in [1.807, 2.05) is 30.0 Å². The van der Waals surface area contributed by atoms with E-state index in [1.165, 1.54) is 36.8 Å². The molecule has 1 aliphatic heterocycles. The van der Waals surface area contributed by atoms with Gasteiger partial charge in [0.2, 0.25) is 0 Å². The minimum atomic E-state index is -1.23. The summed E-state index contributed by atoms with van der Waals surface area (Å²) in [6.45, 7) is 11.6. The number of carbonyl (C=O) groups excluding carboxylic acids is 1. The van der Waals surface area contributed by atoms with Crippen molar-refractivity contribution in [3.05, 3.63) is 71.3 Å². The molecule has 41 heavy (non-hydrogen) atoms. The third kappa shape index (κ3) is 6.00. The van der Waals surface area contributed by atoms with E-state index < -0.39 is 17.8 Å². The van der Waals surface area contributed by atoms with E-state index in [0.717, 1.165) is 30.4 Å². The van der Waals surface area contributed by atoms with Gasteiger partial charge in [0.1, 0.15) is 5.60 Å². The molecule has 8 atom stereocenters. The Bertz CT molecular complexity index is 1170. The Hall–Kier alpha value is -2.21. The molecular formula is C36H51NO4. The summed E-state index contributed by atoms with van der Waals surface area (Å²) in [5.41, 5.74) is 3.44. The van der Waals surface area contributed by atoms with E-state index in [4.69, 9.17) is 0 Å². The summed E-state index contributed by atoms with van der Waals surface area (Å²) < 4.78 is 0. The van der Waals surface area contributed by atoms with Crippen LogP contribution in [0.4, 0.5) is 0 Å². The second-order valence-electron chi connectivity index (χ2n) is 13.9. The maximum atomic E-state index is 13.4. The molecule has 3 N–H and O–H groups in total. The predicted molar refractivity (Wildman–Crippen MR) is 164 cm³/mol. The Labute approximate surface area is 247 Å². The first-order valence-corrected chi connectivity index (χ1v) is 16.1. The third-order valence-electron chi connectivity index (χ3n) is 11.4. The van der Waals surface area contributed by atoms with Gasteiger partial charge in [-0.3, -0.25) is 4.79 Å². The van der Waals surface area contributed by atoms with Gasteiger partial charge >= 0.3 is 0 Å². The van der Waals surface area contributed by atoms with Gasteiger partial charge in [-0.05, 0) is 97.7 Å². The first-order valence-electron chi connectivity index (χ1n) is 16.1. The molecule has 4 aliphatic rings. The number of hydrogen-bond donors (Lipinski definition) is 3. The molecule has 0 unspecified atom stereocenters. The molecule has 4 fully saturated rings. The van der Waals surface area contributed by atoms with Gasteiger partial charge in [0.15, 0.2) is 0 Å². The summed E-state index contributed by atoms with van der Waals surface area (Å²) in [5, 5.41) is 31.7. The highest BCUT2D eigenvalue weighted by Gasteiger charge is 2.53. The number of hydrogen-bond acceptors (Lipinski definition) is 4. The Morgan fingerprint density at radius 3 is 2.66 bits per heavy atom. The summed E-state index contributed by atoms with van der Waals surface area (Å²) in [7, 11) is 0. The fourth-order valence-electron chi connectivity index (χ4n) is 8.98. The zero-order chi connectivity index (χ0) is 29.4. The lowest BCUT2D eigenvalue weighted by Gasteiger charge is -2.45. The van der Waals surface area contributed by atoms with E-state index in [9.17, 15) is 20.1 Å². The van der Waals surface area contributed by atoms with Gasteiger partial charge in [-0.25, -0.2) is 0 Å².